The van der Waals surface area contributed by atoms with Crippen molar-refractivity contribution < 1.29 is 23.9 Å². The number of aryl methyl sites for hydroxylation is 4. The maximum atomic E-state index is 12.6. The molecule has 3 heterocycles. The van der Waals surface area contributed by atoms with Gasteiger partial charge in [-0.1, -0.05) is 0 Å². The van der Waals surface area contributed by atoms with Gasteiger partial charge in [-0.15, -0.1) is 0 Å². The molecule has 180 valence electrons. The number of anilines is 1. The van der Waals surface area contributed by atoms with Gasteiger partial charge in [0, 0.05) is 23.1 Å². The van der Waals surface area contributed by atoms with Crippen molar-refractivity contribution in [3.8, 4) is 5.95 Å². The predicted molar refractivity (Wildman–Crippen MR) is 123 cm³/mol. The molecule has 1 amide bonds. The van der Waals surface area contributed by atoms with E-state index in [9.17, 15) is 14.4 Å². The fraction of sp³-hybridized carbons (Fsp3) is 0.391. The van der Waals surface area contributed by atoms with Crippen molar-refractivity contribution >= 4 is 23.7 Å². The molecule has 0 spiro atoms. The SMILES string of the molecule is Cc1cc(C)nc(-n2nc(C)cc2NC(=O)COC(=O)c2[nH]c(C)c(C(=O)OC(C)C)c2C)n1. The summed E-state index contributed by atoms with van der Waals surface area (Å²) < 4.78 is 11.8. The Morgan fingerprint density at radius 1 is 1.00 bits per heavy atom. The van der Waals surface area contributed by atoms with Crippen LogP contribution in [0, 0.1) is 34.6 Å². The van der Waals surface area contributed by atoms with Crippen LogP contribution in [0.25, 0.3) is 5.95 Å². The minimum Gasteiger partial charge on any atom is -0.459 e. The predicted octanol–water partition coefficient (Wildman–Crippen LogP) is 2.89. The molecule has 34 heavy (non-hydrogen) atoms. The second kappa shape index (κ2) is 9.86. The lowest BCUT2D eigenvalue weighted by Crippen LogP contribution is -2.23. The molecule has 0 radical (unpaired) electrons. The normalized spacial score (nSPS) is 10.9. The third-order valence-corrected chi connectivity index (χ3v) is 4.78. The van der Waals surface area contributed by atoms with E-state index < -0.39 is 24.5 Å². The third-order valence-electron chi connectivity index (χ3n) is 4.78. The number of H-pyrrole nitrogens is 1. The van der Waals surface area contributed by atoms with Crippen LogP contribution in [0.4, 0.5) is 5.82 Å². The molecule has 3 rings (SSSR count). The van der Waals surface area contributed by atoms with Crippen molar-refractivity contribution in [2.45, 2.75) is 54.6 Å². The molecule has 11 heteroatoms. The van der Waals surface area contributed by atoms with Crippen molar-refractivity contribution in [2.24, 2.45) is 0 Å². The van der Waals surface area contributed by atoms with Gasteiger partial charge < -0.3 is 19.8 Å². The van der Waals surface area contributed by atoms with E-state index in [2.05, 4.69) is 25.4 Å². The van der Waals surface area contributed by atoms with Crippen LogP contribution in [0.15, 0.2) is 12.1 Å². The molecule has 0 saturated carbocycles. The van der Waals surface area contributed by atoms with Crippen LogP contribution in [-0.4, -0.2) is 55.3 Å². The lowest BCUT2D eigenvalue weighted by Gasteiger charge is -2.09. The Morgan fingerprint density at radius 2 is 1.65 bits per heavy atom. The molecule has 2 N–H and O–H groups in total. The first-order chi connectivity index (χ1) is 16.0. The van der Waals surface area contributed by atoms with Gasteiger partial charge in [0.1, 0.15) is 11.5 Å². The topological polar surface area (TPSA) is 141 Å². The molecule has 3 aromatic rings. The summed E-state index contributed by atoms with van der Waals surface area (Å²) in [5.41, 5.74) is 3.41. The highest BCUT2D eigenvalue weighted by Gasteiger charge is 2.25. The van der Waals surface area contributed by atoms with Gasteiger partial charge in [-0.3, -0.25) is 4.79 Å². The fourth-order valence-electron chi connectivity index (χ4n) is 3.46. The summed E-state index contributed by atoms with van der Waals surface area (Å²) in [5, 5.41) is 7.01. The average Bonchev–Trinajstić information content (AvgIpc) is 3.23. The number of nitrogens with one attached hydrogen (secondary N) is 2. The van der Waals surface area contributed by atoms with Gasteiger partial charge >= 0.3 is 11.9 Å². The number of aromatic amines is 1. The first-order valence-corrected chi connectivity index (χ1v) is 10.7. The summed E-state index contributed by atoms with van der Waals surface area (Å²) in [7, 11) is 0. The Bertz CT molecular complexity index is 1240. The van der Waals surface area contributed by atoms with Gasteiger partial charge in [0.25, 0.3) is 11.9 Å². The number of aromatic nitrogens is 5. The van der Waals surface area contributed by atoms with Crippen LogP contribution >= 0.6 is 0 Å². The zero-order chi connectivity index (χ0) is 25.2. The quantitative estimate of drug-likeness (QED) is 0.504. The van der Waals surface area contributed by atoms with E-state index in [0.717, 1.165) is 11.4 Å². The molecule has 0 aliphatic heterocycles. The van der Waals surface area contributed by atoms with Crippen LogP contribution in [-0.2, 0) is 14.3 Å². The summed E-state index contributed by atoms with van der Waals surface area (Å²) >= 11 is 0. The zero-order valence-electron chi connectivity index (χ0n) is 20.3. The van der Waals surface area contributed by atoms with E-state index in [1.54, 1.807) is 40.7 Å². The number of ether oxygens (including phenoxy) is 2. The standard InChI is InChI=1S/C23H28N6O5/c1-11(2)34-21(31)19-15(6)20(26-16(19)7)22(32)33-10-18(30)27-17-9-14(5)28-29(17)23-24-12(3)8-13(4)25-23/h8-9,11,26H,10H2,1-7H3,(H,27,30). The number of carbonyl (C=O) groups is 3. The minimum atomic E-state index is -0.762. The Kier molecular flexibility index (Phi) is 7.14. The maximum absolute atomic E-state index is 12.6. The molecule has 0 aliphatic rings. The molecule has 3 aromatic heterocycles. The van der Waals surface area contributed by atoms with Crippen LogP contribution in [0.2, 0.25) is 0 Å². The van der Waals surface area contributed by atoms with Gasteiger partial charge in [0.15, 0.2) is 6.61 Å². The summed E-state index contributed by atoms with van der Waals surface area (Å²) in [6.07, 6.45) is -0.300. The number of hydrogen-bond donors (Lipinski definition) is 2. The van der Waals surface area contributed by atoms with Gasteiger partial charge in [0.2, 0.25) is 0 Å². The lowest BCUT2D eigenvalue weighted by molar-refractivity contribution is -0.119. The van der Waals surface area contributed by atoms with Crippen LogP contribution in [0.1, 0.15) is 63.0 Å². The largest absolute Gasteiger partial charge is 0.459 e. The third kappa shape index (κ3) is 5.48. The second-order valence-electron chi connectivity index (χ2n) is 8.24. The van der Waals surface area contributed by atoms with E-state index in [4.69, 9.17) is 9.47 Å². The summed E-state index contributed by atoms with van der Waals surface area (Å²) in [4.78, 5) is 49.0. The fourth-order valence-corrected chi connectivity index (χ4v) is 3.46. The molecule has 11 nitrogen and oxygen atoms in total. The van der Waals surface area contributed by atoms with E-state index in [1.165, 1.54) is 4.68 Å². The van der Waals surface area contributed by atoms with E-state index in [1.807, 2.05) is 19.9 Å². The zero-order valence-corrected chi connectivity index (χ0v) is 20.3. The number of rotatable bonds is 7. The van der Waals surface area contributed by atoms with Gasteiger partial charge in [-0.25, -0.2) is 19.6 Å². The molecule has 0 unspecified atom stereocenters. The minimum absolute atomic E-state index is 0.0885. The molecule has 0 fully saturated rings. The Hall–Kier alpha value is -4.02. The van der Waals surface area contributed by atoms with Gasteiger partial charge in [-0.2, -0.15) is 9.78 Å². The molecule has 0 aliphatic carbocycles. The lowest BCUT2D eigenvalue weighted by atomic mass is 10.1. The molecular weight excluding hydrogens is 440 g/mol. The maximum Gasteiger partial charge on any atom is 0.355 e. The highest BCUT2D eigenvalue weighted by Crippen LogP contribution is 2.21. The first-order valence-electron chi connectivity index (χ1n) is 10.7. The molecule has 0 aromatic carbocycles. The van der Waals surface area contributed by atoms with Crippen molar-refractivity contribution in [3.63, 3.8) is 0 Å². The molecule has 0 atom stereocenters. The van der Waals surface area contributed by atoms with Crippen molar-refractivity contribution in [1.29, 1.82) is 0 Å². The molecular formula is C23H28N6O5. The Labute approximate surface area is 196 Å². The van der Waals surface area contributed by atoms with Gasteiger partial charge in [0.05, 0.1) is 17.4 Å². The number of carbonyl (C=O) groups excluding carboxylic acids is 3. The van der Waals surface area contributed by atoms with Crippen LogP contribution < -0.4 is 5.32 Å². The Morgan fingerprint density at radius 3 is 2.26 bits per heavy atom. The van der Waals surface area contributed by atoms with E-state index >= 15 is 0 Å². The van der Waals surface area contributed by atoms with Crippen molar-refractivity contribution in [1.82, 2.24) is 24.7 Å². The summed E-state index contributed by atoms with van der Waals surface area (Å²) in [5.74, 6) is -1.21. The van der Waals surface area contributed by atoms with Gasteiger partial charge in [-0.05, 0) is 60.1 Å². The van der Waals surface area contributed by atoms with Crippen LogP contribution in [0.3, 0.4) is 0 Å². The first kappa shape index (κ1) is 24.6. The smallest absolute Gasteiger partial charge is 0.355 e. The van der Waals surface area contributed by atoms with E-state index in [0.29, 0.717) is 28.7 Å². The van der Waals surface area contributed by atoms with E-state index in [-0.39, 0.29) is 17.4 Å². The second-order valence-corrected chi connectivity index (χ2v) is 8.24. The van der Waals surface area contributed by atoms with Crippen molar-refractivity contribution in [2.75, 3.05) is 11.9 Å². The average molecular weight is 469 g/mol. The molecule has 0 saturated heterocycles. The van der Waals surface area contributed by atoms with Crippen LogP contribution in [0.5, 0.6) is 0 Å². The molecule has 0 bridgehead atoms. The highest BCUT2D eigenvalue weighted by atomic mass is 16.5. The monoisotopic (exact) mass is 468 g/mol. The number of nitrogens with zero attached hydrogens (tertiary/aromatic N) is 4. The Balaban J connectivity index is 1.70. The number of hydrogen-bond acceptors (Lipinski definition) is 8. The summed E-state index contributed by atoms with van der Waals surface area (Å²) in [6.45, 7) is 11.7. The summed E-state index contributed by atoms with van der Waals surface area (Å²) in [6, 6.07) is 3.49. The number of amides is 1. The number of esters is 2. The highest BCUT2D eigenvalue weighted by molar-refractivity contribution is 5.99. The van der Waals surface area contributed by atoms with Crippen molar-refractivity contribution in [3.05, 3.63) is 51.7 Å².